The lowest BCUT2D eigenvalue weighted by Gasteiger charge is -2.26. The number of hydrogen-bond acceptors (Lipinski definition) is 4. The van der Waals surface area contributed by atoms with Gasteiger partial charge in [-0.05, 0) is 47.7 Å². The maximum Gasteiger partial charge on any atom is 0.306 e. The summed E-state index contributed by atoms with van der Waals surface area (Å²) in [6.45, 7) is 0. The average Bonchev–Trinajstić information content (AvgIpc) is 2.39. The molecule has 0 amide bonds. The fourth-order valence-electron chi connectivity index (χ4n) is 2.29. The molecule has 8 heteroatoms. The van der Waals surface area contributed by atoms with Gasteiger partial charge in [0.15, 0.2) is 0 Å². The first kappa shape index (κ1) is 15.4. The lowest BCUT2D eigenvalue weighted by Crippen LogP contribution is -2.38. The predicted octanol–water partition coefficient (Wildman–Crippen LogP) is 1.77. The second kappa shape index (κ2) is 6.19. The molecule has 0 aliphatic heterocycles. The van der Waals surface area contributed by atoms with E-state index in [9.17, 15) is 13.2 Å². The molecule has 2 rings (SSSR count). The van der Waals surface area contributed by atoms with Crippen molar-refractivity contribution in [1.82, 2.24) is 9.71 Å². The number of pyridine rings is 1. The number of halogens is 1. The highest BCUT2D eigenvalue weighted by molar-refractivity contribution is 9.10. The van der Waals surface area contributed by atoms with E-state index in [0.29, 0.717) is 30.2 Å². The molecule has 1 aliphatic rings. The summed E-state index contributed by atoms with van der Waals surface area (Å²) in [6, 6.07) is 1.27. The summed E-state index contributed by atoms with van der Waals surface area (Å²) < 4.78 is 27.6. The molecular formula is C12H15BrN2O4S. The summed E-state index contributed by atoms with van der Waals surface area (Å²) in [5, 5.41) is 8.91. The first-order chi connectivity index (χ1) is 9.38. The van der Waals surface area contributed by atoms with Crippen LogP contribution < -0.4 is 4.72 Å². The van der Waals surface area contributed by atoms with Gasteiger partial charge in [-0.15, -0.1) is 0 Å². The summed E-state index contributed by atoms with van der Waals surface area (Å²) in [7, 11) is -3.61. The summed E-state index contributed by atoms with van der Waals surface area (Å²) in [4.78, 5) is 14.8. The largest absolute Gasteiger partial charge is 0.481 e. The van der Waals surface area contributed by atoms with Crippen LogP contribution in [-0.4, -0.2) is 30.5 Å². The van der Waals surface area contributed by atoms with Crippen molar-refractivity contribution in [1.29, 1.82) is 0 Å². The van der Waals surface area contributed by atoms with Crippen molar-refractivity contribution in [3.05, 3.63) is 22.9 Å². The molecule has 2 N–H and O–H groups in total. The molecule has 0 atom stereocenters. The van der Waals surface area contributed by atoms with E-state index in [0.717, 1.165) is 0 Å². The van der Waals surface area contributed by atoms with E-state index >= 15 is 0 Å². The lowest BCUT2D eigenvalue weighted by atomic mass is 9.87. The molecule has 1 fully saturated rings. The van der Waals surface area contributed by atoms with Crippen molar-refractivity contribution in [3.8, 4) is 0 Å². The van der Waals surface area contributed by atoms with Gasteiger partial charge in [0.1, 0.15) is 4.90 Å². The second-order valence-electron chi connectivity index (χ2n) is 4.85. The van der Waals surface area contributed by atoms with Crippen LogP contribution in [0.4, 0.5) is 0 Å². The monoisotopic (exact) mass is 362 g/mol. The molecule has 0 spiro atoms. The number of aliphatic carboxylic acids is 1. The van der Waals surface area contributed by atoms with Crippen LogP contribution in [0, 0.1) is 5.92 Å². The molecule has 20 heavy (non-hydrogen) atoms. The highest BCUT2D eigenvalue weighted by Crippen LogP contribution is 2.25. The number of carboxylic acids is 1. The maximum atomic E-state index is 12.2. The van der Waals surface area contributed by atoms with Gasteiger partial charge in [0.05, 0.1) is 5.92 Å². The molecule has 0 radical (unpaired) electrons. The fraction of sp³-hybridized carbons (Fsp3) is 0.500. The highest BCUT2D eigenvalue weighted by Gasteiger charge is 2.28. The minimum absolute atomic E-state index is 0.104. The molecular weight excluding hydrogens is 348 g/mol. The normalized spacial score (nSPS) is 23.4. The smallest absolute Gasteiger partial charge is 0.306 e. The van der Waals surface area contributed by atoms with Crippen molar-refractivity contribution in [2.45, 2.75) is 36.6 Å². The number of carboxylic acid groups (broad SMARTS) is 1. The van der Waals surface area contributed by atoms with Gasteiger partial charge >= 0.3 is 5.97 Å². The van der Waals surface area contributed by atoms with E-state index < -0.39 is 16.0 Å². The molecule has 1 heterocycles. The lowest BCUT2D eigenvalue weighted by molar-refractivity contribution is -0.142. The Labute approximate surface area is 125 Å². The number of aromatic nitrogens is 1. The van der Waals surface area contributed by atoms with Crippen LogP contribution in [0.2, 0.25) is 0 Å². The van der Waals surface area contributed by atoms with Crippen molar-refractivity contribution >= 4 is 31.9 Å². The van der Waals surface area contributed by atoms with Crippen molar-refractivity contribution in [2.24, 2.45) is 5.92 Å². The summed E-state index contributed by atoms with van der Waals surface area (Å²) in [5.41, 5.74) is 0. The Hall–Kier alpha value is -0.990. The van der Waals surface area contributed by atoms with Crippen LogP contribution in [0.5, 0.6) is 0 Å². The van der Waals surface area contributed by atoms with Crippen LogP contribution in [0.1, 0.15) is 25.7 Å². The van der Waals surface area contributed by atoms with Crippen molar-refractivity contribution in [3.63, 3.8) is 0 Å². The molecule has 1 aromatic heterocycles. The Morgan fingerprint density at radius 1 is 1.30 bits per heavy atom. The van der Waals surface area contributed by atoms with Crippen LogP contribution >= 0.6 is 15.9 Å². The van der Waals surface area contributed by atoms with Gasteiger partial charge < -0.3 is 5.11 Å². The standard InChI is InChI=1S/C12H15BrN2O4S/c13-9-5-11(7-14-6-9)20(18,19)15-10-3-1-8(2-4-10)12(16)17/h5-8,10,15H,1-4H2,(H,16,17). The van der Waals surface area contributed by atoms with E-state index in [1.807, 2.05) is 0 Å². The Morgan fingerprint density at radius 2 is 1.95 bits per heavy atom. The average molecular weight is 363 g/mol. The van der Waals surface area contributed by atoms with Crippen LogP contribution in [0.25, 0.3) is 0 Å². The molecule has 1 aromatic rings. The minimum atomic E-state index is -3.61. The third-order valence-electron chi connectivity index (χ3n) is 3.39. The van der Waals surface area contributed by atoms with Gasteiger partial charge in [-0.3, -0.25) is 9.78 Å². The van der Waals surface area contributed by atoms with Gasteiger partial charge in [-0.2, -0.15) is 0 Å². The zero-order valence-electron chi connectivity index (χ0n) is 10.6. The molecule has 0 saturated heterocycles. The fourth-order valence-corrected chi connectivity index (χ4v) is 4.09. The van der Waals surface area contributed by atoms with E-state index in [-0.39, 0.29) is 16.9 Å². The minimum Gasteiger partial charge on any atom is -0.481 e. The van der Waals surface area contributed by atoms with E-state index in [1.54, 1.807) is 0 Å². The second-order valence-corrected chi connectivity index (χ2v) is 7.48. The Kier molecular flexibility index (Phi) is 4.77. The van der Waals surface area contributed by atoms with Crippen LogP contribution in [0.15, 0.2) is 27.8 Å². The molecule has 110 valence electrons. The van der Waals surface area contributed by atoms with Gasteiger partial charge in [0, 0.05) is 22.9 Å². The van der Waals surface area contributed by atoms with Gasteiger partial charge in [0.25, 0.3) is 0 Å². The molecule has 6 nitrogen and oxygen atoms in total. The third kappa shape index (κ3) is 3.77. The SMILES string of the molecule is O=C(O)C1CCC(NS(=O)(=O)c2cncc(Br)c2)CC1. The Balaban J connectivity index is 2.02. The summed E-state index contributed by atoms with van der Waals surface area (Å²) in [5.74, 6) is -1.16. The Morgan fingerprint density at radius 3 is 2.50 bits per heavy atom. The predicted molar refractivity (Wildman–Crippen MR) is 75.6 cm³/mol. The first-order valence-electron chi connectivity index (χ1n) is 6.24. The van der Waals surface area contributed by atoms with Crippen molar-refractivity contribution in [2.75, 3.05) is 0 Å². The van der Waals surface area contributed by atoms with E-state index in [4.69, 9.17) is 5.11 Å². The molecule has 0 aromatic carbocycles. The zero-order valence-corrected chi connectivity index (χ0v) is 13.0. The van der Waals surface area contributed by atoms with E-state index in [1.165, 1.54) is 18.5 Å². The summed E-state index contributed by atoms with van der Waals surface area (Å²) >= 11 is 3.18. The van der Waals surface area contributed by atoms with Crippen molar-refractivity contribution < 1.29 is 18.3 Å². The maximum absolute atomic E-state index is 12.2. The van der Waals surface area contributed by atoms with E-state index in [2.05, 4.69) is 25.6 Å². The van der Waals surface area contributed by atoms with Gasteiger partial charge in [-0.25, -0.2) is 13.1 Å². The summed E-state index contributed by atoms with van der Waals surface area (Å²) in [6.07, 6.45) is 4.88. The number of carbonyl (C=O) groups is 1. The Bertz CT molecular complexity index is 597. The number of hydrogen-bond donors (Lipinski definition) is 2. The topological polar surface area (TPSA) is 96.4 Å². The number of nitrogens with zero attached hydrogens (tertiary/aromatic N) is 1. The molecule has 0 unspecified atom stereocenters. The van der Waals surface area contributed by atoms with Crippen LogP contribution in [-0.2, 0) is 14.8 Å². The zero-order chi connectivity index (χ0) is 14.8. The molecule has 0 bridgehead atoms. The molecule has 1 aliphatic carbocycles. The van der Waals surface area contributed by atoms with Gasteiger partial charge in [-0.1, -0.05) is 0 Å². The quantitative estimate of drug-likeness (QED) is 0.850. The third-order valence-corrected chi connectivity index (χ3v) is 5.31. The number of rotatable bonds is 4. The molecule has 1 saturated carbocycles. The van der Waals surface area contributed by atoms with Crippen LogP contribution in [0.3, 0.4) is 0 Å². The number of nitrogens with one attached hydrogen (secondary N) is 1. The van der Waals surface area contributed by atoms with Gasteiger partial charge in [0.2, 0.25) is 10.0 Å². The number of sulfonamides is 1. The highest BCUT2D eigenvalue weighted by atomic mass is 79.9. The first-order valence-corrected chi connectivity index (χ1v) is 8.52.